The summed E-state index contributed by atoms with van der Waals surface area (Å²) >= 11 is 0. The topological polar surface area (TPSA) is 40.5 Å². The summed E-state index contributed by atoms with van der Waals surface area (Å²) in [6, 6.07) is 5.70. The molecule has 0 radical (unpaired) electrons. The van der Waals surface area contributed by atoms with E-state index >= 15 is 0 Å². The maximum absolute atomic E-state index is 8.65. The van der Waals surface area contributed by atoms with E-state index in [0.29, 0.717) is 0 Å². The van der Waals surface area contributed by atoms with Gasteiger partial charge in [0, 0.05) is 0 Å². The van der Waals surface area contributed by atoms with Crippen LogP contribution in [-0.2, 0) is 0 Å². The van der Waals surface area contributed by atoms with Crippen molar-refractivity contribution >= 4 is 23.1 Å². The van der Waals surface area contributed by atoms with Crippen LogP contribution in [0.25, 0.3) is 0 Å². The van der Waals surface area contributed by atoms with Gasteiger partial charge in [0.1, 0.15) is 11.5 Å². The number of hydrogen-bond acceptors (Lipinski definition) is 2. The number of rotatable bonds is 0. The number of benzene rings is 1. The third kappa shape index (κ3) is 2.58. The molecule has 0 saturated heterocycles. The monoisotopic (exact) mass is 136 g/mol. The van der Waals surface area contributed by atoms with Gasteiger partial charge in [-0.25, -0.2) is 0 Å². The van der Waals surface area contributed by atoms with Crippen LogP contribution in [0.3, 0.4) is 0 Å². The molecule has 1 rings (SSSR count). The maximum Gasteiger partial charge on any atom is 2.00 e. The van der Waals surface area contributed by atoms with Crippen molar-refractivity contribution < 1.29 is 13.1 Å². The molecule has 1 aromatic carbocycles. The van der Waals surface area contributed by atoms with Gasteiger partial charge in [0.25, 0.3) is 0 Å². The Morgan fingerprint density at radius 2 is 1.11 bits per heavy atom. The number of aromatic hydroxyl groups is 2. The SMILES string of the molecule is Oc1ccc(O)cc1.[H-].[H-].[Mg+2]. The van der Waals surface area contributed by atoms with Gasteiger partial charge < -0.3 is 13.1 Å². The van der Waals surface area contributed by atoms with Crippen molar-refractivity contribution in [3.63, 3.8) is 0 Å². The molecule has 0 saturated carbocycles. The molecule has 0 spiro atoms. The quantitative estimate of drug-likeness (QED) is 0.412. The van der Waals surface area contributed by atoms with Gasteiger partial charge in [-0.1, -0.05) is 0 Å². The molecule has 1 aromatic rings. The molecule has 0 heterocycles. The van der Waals surface area contributed by atoms with E-state index < -0.39 is 0 Å². The molecule has 0 aliphatic carbocycles. The van der Waals surface area contributed by atoms with Gasteiger partial charge in [-0.05, 0) is 24.3 Å². The van der Waals surface area contributed by atoms with Crippen molar-refractivity contribution in [3.05, 3.63) is 24.3 Å². The zero-order valence-corrected chi connectivity index (χ0v) is 6.33. The van der Waals surface area contributed by atoms with Gasteiger partial charge >= 0.3 is 23.1 Å². The molecule has 9 heavy (non-hydrogen) atoms. The fourth-order valence-electron chi connectivity index (χ4n) is 0.453. The second-order valence-corrected chi connectivity index (χ2v) is 1.52. The molecule has 3 heteroatoms. The molecule has 0 aliphatic heterocycles. The molecule has 0 aromatic heterocycles. The fourth-order valence-corrected chi connectivity index (χ4v) is 0.453. The van der Waals surface area contributed by atoms with Crippen LogP contribution in [0.4, 0.5) is 0 Å². The molecule has 46 valence electrons. The first-order valence-electron chi connectivity index (χ1n) is 2.27. The van der Waals surface area contributed by atoms with Crippen molar-refractivity contribution in [1.82, 2.24) is 0 Å². The fraction of sp³-hybridized carbons (Fsp3) is 0. The van der Waals surface area contributed by atoms with E-state index in [1.165, 1.54) is 24.3 Å². The zero-order chi connectivity index (χ0) is 5.98. The number of hydrogen-bond donors (Lipinski definition) is 2. The smallest absolute Gasteiger partial charge is 1.00 e. The first-order valence-corrected chi connectivity index (χ1v) is 2.27. The molecule has 2 N–H and O–H groups in total. The van der Waals surface area contributed by atoms with E-state index in [1.807, 2.05) is 0 Å². The first kappa shape index (κ1) is 8.59. The minimum absolute atomic E-state index is 0. The summed E-state index contributed by atoms with van der Waals surface area (Å²) in [7, 11) is 0. The average Bonchev–Trinajstić information content (AvgIpc) is 1.77. The normalized spacial score (nSPS) is 8.00. The molecule has 0 aliphatic rings. The Labute approximate surface area is 72.3 Å². The largest absolute Gasteiger partial charge is 2.00 e. The van der Waals surface area contributed by atoms with Crippen molar-refractivity contribution in [2.45, 2.75) is 0 Å². The van der Waals surface area contributed by atoms with E-state index in [2.05, 4.69) is 0 Å². The van der Waals surface area contributed by atoms with Crippen LogP contribution in [-0.4, -0.2) is 33.3 Å². The summed E-state index contributed by atoms with van der Waals surface area (Å²) in [5, 5.41) is 17.3. The number of phenolic OH excluding ortho intramolecular Hbond substituents is 2. The molecule has 0 fully saturated rings. The average molecular weight is 136 g/mol. The van der Waals surface area contributed by atoms with E-state index in [0.717, 1.165) is 0 Å². The first-order chi connectivity index (χ1) is 3.79. The van der Waals surface area contributed by atoms with Crippen LogP contribution in [0, 0.1) is 0 Å². The van der Waals surface area contributed by atoms with Gasteiger partial charge in [-0.2, -0.15) is 0 Å². The Morgan fingerprint density at radius 1 is 0.889 bits per heavy atom. The van der Waals surface area contributed by atoms with Gasteiger partial charge in [-0.3, -0.25) is 0 Å². The maximum atomic E-state index is 8.65. The van der Waals surface area contributed by atoms with Crippen molar-refractivity contribution in [2.75, 3.05) is 0 Å². The Hall–Kier alpha value is -0.414. The summed E-state index contributed by atoms with van der Waals surface area (Å²) in [6.45, 7) is 0. The predicted molar refractivity (Wildman–Crippen MR) is 37.7 cm³/mol. The Bertz CT molecular complexity index is 157. The molecule has 0 unspecified atom stereocenters. The van der Waals surface area contributed by atoms with Crippen LogP contribution in [0.2, 0.25) is 0 Å². The van der Waals surface area contributed by atoms with E-state index in [9.17, 15) is 0 Å². The van der Waals surface area contributed by atoms with E-state index in [1.54, 1.807) is 0 Å². The van der Waals surface area contributed by atoms with Crippen molar-refractivity contribution in [2.24, 2.45) is 0 Å². The molecule has 0 atom stereocenters. The Balaban J connectivity index is -0.000000213. The summed E-state index contributed by atoms with van der Waals surface area (Å²) in [5.74, 6) is 0.339. The minimum atomic E-state index is 0. The summed E-state index contributed by atoms with van der Waals surface area (Å²) in [6.07, 6.45) is 0. The van der Waals surface area contributed by atoms with Crippen LogP contribution >= 0.6 is 0 Å². The van der Waals surface area contributed by atoms with Gasteiger partial charge in [-0.15, -0.1) is 0 Å². The molecular formula is C6H8MgO2. The third-order valence-corrected chi connectivity index (χ3v) is 0.850. The third-order valence-electron chi connectivity index (χ3n) is 0.850. The van der Waals surface area contributed by atoms with Crippen LogP contribution in [0.5, 0.6) is 11.5 Å². The standard InChI is InChI=1S/C6H6O2.Mg.2H/c7-5-1-2-6(8)4-3-5;;;/h1-4,7-8H;;;/q;+2;2*-1. The summed E-state index contributed by atoms with van der Waals surface area (Å²) < 4.78 is 0. The van der Waals surface area contributed by atoms with Crippen LogP contribution < -0.4 is 0 Å². The summed E-state index contributed by atoms with van der Waals surface area (Å²) in [4.78, 5) is 0. The van der Waals surface area contributed by atoms with E-state index in [4.69, 9.17) is 10.2 Å². The number of phenols is 2. The molecule has 2 nitrogen and oxygen atoms in total. The van der Waals surface area contributed by atoms with Gasteiger partial charge in [0.05, 0.1) is 0 Å². The Morgan fingerprint density at radius 3 is 1.33 bits per heavy atom. The molecule has 0 bridgehead atoms. The second-order valence-electron chi connectivity index (χ2n) is 1.52. The Kier molecular flexibility index (Phi) is 3.42. The molecule has 0 amide bonds. The predicted octanol–water partition coefficient (Wildman–Crippen LogP) is 0.942. The van der Waals surface area contributed by atoms with Crippen molar-refractivity contribution in [1.29, 1.82) is 0 Å². The van der Waals surface area contributed by atoms with Crippen molar-refractivity contribution in [3.8, 4) is 11.5 Å². The van der Waals surface area contributed by atoms with E-state index in [-0.39, 0.29) is 37.4 Å². The second kappa shape index (κ2) is 3.58. The van der Waals surface area contributed by atoms with Gasteiger partial charge in [0.15, 0.2) is 0 Å². The van der Waals surface area contributed by atoms with Crippen LogP contribution in [0.15, 0.2) is 24.3 Å². The minimum Gasteiger partial charge on any atom is -1.00 e. The zero-order valence-electron chi connectivity index (χ0n) is 6.91. The van der Waals surface area contributed by atoms with Crippen LogP contribution in [0.1, 0.15) is 2.85 Å². The van der Waals surface area contributed by atoms with Gasteiger partial charge in [0.2, 0.25) is 0 Å². The summed E-state index contributed by atoms with van der Waals surface area (Å²) in [5.41, 5.74) is 0. The molecular weight excluding hydrogens is 128 g/mol.